The van der Waals surface area contributed by atoms with Gasteiger partial charge in [0.1, 0.15) is 5.60 Å². The summed E-state index contributed by atoms with van der Waals surface area (Å²) in [4.78, 5) is 24.7. The van der Waals surface area contributed by atoms with Crippen LogP contribution in [0.4, 0.5) is 18.0 Å². The number of amides is 2. The molecule has 28 heavy (non-hydrogen) atoms. The van der Waals surface area contributed by atoms with Gasteiger partial charge in [-0.1, -0.05) is 6.92 Å². The van der Waals surface area contributed by atoms with E-state index in [1.165, 1.54) is 6.07 Å². The molecule has 0 aliphatic heterocycles. The number of ether oxygens (including phenoxy) is 1. The summed E-state index contributed by atoms with van der Waals surface area (Å²) in [6.07, 6.45) is -2.52. The van der Waals surface area contributed by atoms with Gasteiger partial charge in [0.05, 0.1) is 11.6 Å². The lowest BCUT2D eigenvalue weighted by Gasteiger charge is -2.25. The standard InChI is InChI=1S/C20H27F3N2O3/c1-5-12-11-13(20(21,22)23)9-10-14(12)17(26)24-15-7-6-8-16(15)25-18(27)28-19(2,3)4/h9-11,15-16H,5-8H2,1-4H3,(H,24,26)(H,25,27)/t15-,16+/m0/s1. The molecule has 1 aromatic carbocycles. The summed E-state index contributed by atoms with van der Waals surface area (Å²) in [5.74, 6) is -0.437. The molecule has 1 aliphatic carbocycles. The van der Waals surface area contributed by atoms with E-state index in [1.807, 2.05) is 0 Å². The monoisotopic (exact) mass is 400 g/mol. The fourth-order valence-corrected chi connectivity index (χ4v) is 3.29. The number of nitrogens with one attached hydrogen (secondary N) is 2. The zero-order chi connectivity index (χ0) is 21.1. The summed E-state index contributed by atoms with van der Waals surface area (Å²) in [6, 6.07) is 2.56. The molecule has 0 spiro atoms. The molecule has 0 unspecified atom stereocenters. The van der Waals surface area contributed by atoms with Crippen LogP contribution < -0.4 is 10.6 Å². The van der Waals surface area contributed by atoms with Crippen LogP contribution in [0, 0.1) is 0 Å². The zero-order valence-corrected chi connectivity index (χ0v) is 16.6. The molecular formula is C20H27F3N2O3. The summed E-state index contributed by atoms with van der Waals surface area (Å²) in [6.45, 7) is 6.99. The molecule has 2 rings (SSSR count). The minimum atomic E-state index is -4.45. The van der Waals surface area contributed by atoms with Crippen molar-refractivity contribution in [1.82, 2.24) is 10.6 Å². The fourth-order valence-electron chi connectivity index (χ4n) is 3.29. The smallest absolute Gasteiger partial charge is 0.416 e. The van der Waals surface area contributed by atoms with Crippen molar-refractivity contribution in [3.05, 3.63) is 34.9 Å². The van der Waals surface area contributed by atoms with E-state index < -0.39 is 29.3 Å². The highest BCUT2D eigenvalue weighted by Gasteiger charge is 2.33. The number of benzene rings is 1. The van der Waals surface area contributed by atoms with Crippen molar-refractivity contribution in [2.24, 2.45) is 0 Å². The highest BCUT2D eigenvalue weighted by atomic mass is 19.4. The van der Waals surface area contributed by atoms with Crippen LogP contribution >= 0.6 is 0 Å². The second-order valence-corrected chi connectivity index (χ2v) is 7.99. The van der Waals surface area contributed by atoms with E-state index >= 15 is 0 Å². The molecule has 1 aromatic rings. The van der Waals surface area contributed by atoms with E-state index in [9.17, 15) is 22.8 Å². The van der Waals surface area contributed by atoms with E-state index in [0.717, 1.165) is 18.6 Å². The first-order valence-electron chi connectivity index (χ1n) is 9.41. The van der Waals surface area contributed by atoms with Crippen LogP contribution in [0.25, 0.3) is 0 Å². The number of alkyl halides is 3. The van der Waals surface area contributed by atoms with Gasteiger partial charge in [-0.05, 0) is 70.2 Å². The lowest BCUT2D eigenvalue weighted by atomic mass is 10.0. The first kappa shape index (κ1) is 22.0. The molecule has 1 fully saturated rings. The van der Waals surface area contributed by atoms with Crippen molar-refractivity contribution >= 4 is 12.0 Å². The second-order valence-electron chi connectivity index (χ2n) is 7.99. The Morgan fingerprint density at radius 1 is 1.11 bits per heavy atom. The fraction of sp³-hybridized carbons (Fsp3) is 0.600. The van der Waals surface area contributed by atoms with Gasteiger partial charge in [0.2, 0.25) is 0 Å². The van der Waals surface area contributed by atoms with Gasteiger partial charge in [-0.25, -0.2) is 4.79 Å². The van der Waals surface area contributed by atoms with Crippen molar-refractivity contribution in [1.29, 1.82) is 0 Å². The van der Waals surface area contributed by atoms with Crippen LogP contribution in [0.5, 0.6) is 0 Å². The Bertz CT molecular complexity index is 726. The molecule has 2 amide bonds. The van der Waals surface area contributed by atoms with Crippen LogP contribution in [0.3, 0.4) is 0 Å². The molecule has 0 saturated heterocycles. The Hall–Kier alpha value is -2.25. The molecule has 0 bridgehead atoms. The van der Waals surface area contributed by atoms with Gasteiger partial charge in [0.15, 0.2) is 0 Å². The van der Waals surface area contributed by atoms with E-state index in [0.29, 0.717) is 24.8 Å². The normalized spacial score (nSPS) is 20.0. The van der Waals surface area contributed by atoms with Gasteiger partial charge in [0.25, 0.3) is 5.91 Å². The van der Waals surface area contributed by atoms with Gasteiger partial charge < -0.3 is 15.4 Å². The van der Waals surface area contributed by atoms with Gasteiger partial charge >= 0.3 is 12.3 Å². The SMILES string of the molecule is CCc1cc(C(F)(F)F)ccc1C(=O)N[C@H]1CCC[C@H]1NC(=O)OC(C)(C)C. The Morgan fingerprint density at radius 3 is 2.25 bits per heavy atom. The van der Waals surface area contributed by atoms with Crippen LogP contribution in [-0.2, 0) is 17.3 Å². The third kappa shape index (κ3) is 5.87. The van der Waals surface area contributed by atoms with Crippen LogP contribution in [-0.4, -0.2) is 29.7 Å². The molecule has 5 nitrogen and oxygen atoms in total. The molecule has 0 aromatic heterocycles. The number of aryl methyl sites for hydroxylation is 1. The number of hydrogen-bond acceptors (Lipinski definition) is 3. The maximum Gasteiger partial charge on any atom is 0.416 e. The van der Waals surface area contributed by atoms with E-state index in [-0.39, 0.29) is 17.6 Å². The number of halogens is 3. The molecule has 0 heterocycles. The third-order valence-corrected chi connectivity index (χ3v) is 4.59. The van der Waals surface area contributed by atoms with E-state index in [2.05, 4.69) is 10.6 Å². The average Bonchev–Trinajstić information content (AvgIpc) is 2.98. The summed E-state index contributed by atoms with van der Waals surface area (Å²) < 4.78 is 44.0. The topological polar surface area (TPSA) is 67.4 Å². The van der Waals surface area contributed by atoms with E-state index in [4.69, 9.17) is 4.74 Å². The van der Waals surface area contributed by atoms with Gasteiger partial charge in [-0.2, -0.15) is 13.2 Å². The minimum absolute atomic E-state index is 0.221. The third-order valence-electron chi connectivity index (χ3n) is 4.59. The summed E-state index contributed by atoms with van der Waals surface area (Å²) in [5, 5.41) is 5.63. The number of carbonyl (C=O) groups excluding carboxylic acids is 2. The predicted molar refractivity (Wildman–Crippen MR) is 99.1 cm³/mol. The Morgan fingerprint density at radius 2 is 1.71 bits per heavy atom. The summed E-state index contributed by atoms with van der Waals surface area (Å²) >= 11 is 0. The number of hydrogen-bond donors (Lipinski definition) is 2. The minimum Gasteiger partial charge on any atom is -0.444 e. The molecule has 2 atom stereocenters. The molecule has 1 aliphatic rings. The largest absolute Gasteiger partial charge is 0.444 e. The van der Waals surface area contributed by atoms with E-state index in [1.54, 1.807) is 27.7 Å². The molecule has 156 valence electrons. The highest BCUT2D eigenvalue weighted by molar-refractivity contribution is 5.96. The van der Waals surface area contributed by atoms with Crippen LogP contribution in [0.2, 0.25) is 0 Å². The first-order valence-corrected chi connectivity index (χ1v) is 9.41. The van der Waals surface area contributed by atoms with Gasteiger partial charge in [-0.3, -0.25) is 4.79 Å². The lowest BCUT2D eigenvalue weighted by Crippen LogP contribution is -2.49. The quantitative estimate of drug-likeness (QED) is 0.785. The average molecular weight is 400 g/mol. The van der Waals surface area contributed by atoms with Crippen molar-refractivity contribution in [3.8, 4) is 0 Å². The molecule has 0 radical (unpaired) electrons. The molecular weight excluding hydrogens is 373 g/mol. The van der Waals surface area contributed by atoms with Crippen LogP contribution in [0.15, 0.2) is 18.2 Å². The Kier molecular flexibility index (Phi) is 6.62. The first-order chi connectivity index (χ1) is 12.9. The van der Waals surface area contributed by atoms with Crippen molar-refractivity contribution < 1.29 is 27.5 Å². The van der Waals surface area contributed by atoms with Crippen molar-refractivity contribution in [2.75, 3.05) is 0 Å². The van der Waals surface area contributed by atoms with Gasteiger partial charge in [0, 0.05) is 11.6 Å². The predicted octanol–water partition coefficient (Wildman–Crippen LogP) is 4.44. The Labute approximate surface area is 163 Å². The number of rotatable bonds is 4. The van der Waals surface area contributed by atoms with Crippen LogP contribution in [0.1, 0.15) is 68.4 Å². The molecule has 1 saturated carbocycles. The zero-order valence-electron chi connectivity index (χ0n) is 16.6. The Balaban J connectivity index is 2.08. The number of carbonyl (C=O) groups is 2. The number of alkyl carbamates (subject to hydrolysis) is 1. The summed E-state index contributed by atoms with van der Waals surface area (Å²) in [7, 11) is 0. The maximum atomic E-state index is 12.9. The van der Waals surface area contributed by atoms with Gasteiger partial charge in [-0.15, -0.1) is 0 Å². The maximum absolute atomic E-state index is 12.9. The second kappa shape index (κ2) is 8.41. The van der Waals surface area contributed by atoms with Crippen molar-refractivity contribution in [3.63, 3.8) is 0 Å². The van der Waals surface area contributed by atoms with Crippen molar-refractivity contribution in [2.45, 2.75) is 77.2 Å². The molecule has 2 N–H and O–H groups in total. The highest BCUT2D eigenvalue weighted by Crippen LogP contribution is 2.31. The molecule has 8 heteroatoms. The lowest BCUT2D eigenvalue weighted by molar-refractivity contribution is -0.137. The summed E-state index contributed by atoms with van der Waals surface area (Å²) in [5.41, 5.74) is -0.843.